The highest BCUT2D eigenvalue weighted by molar-refractivity contribution is 7.82. The first-order valence-electron chi connectivity index (χ1n) is 8.51. The Balaban J connectivity index is 1.79. The third-order valence-corrected chi connectivity index (χ3v) is 5.88. The molecule has 0 aromatic heterocycles. The van der Waals surface area contributed by atoms with Gasteiger partial charge in [0, 0.05) is 16.1 Å². The molecule has 1 amide bonds. The maximum atomic E-state index is 13.2. The van der Waals surface area contributed by atoms with Crippen molar-refractivity contribution in [3.8, 4) is 0 Å². The zero-order valence-corrected chi connectivity index (χ0v) is 16.2. The van der Waals surface area contributed by atoms with Gasteiger partial charge < -0.3 is 0 Å². The molecule has 6 heteroatoms. The molecule has 2 aromatic rings. The fraction of sp³-hybridized carbons (Fsp3) is 0.250. The van der Waals surface area contributed by atoms with Crippen molar-refractivity contribution in [2.24, 2.45) is 4.99 Å². The lowest BCUT2D eigenvalue weighted by molar-refractivity contribution is 0.0724. The summed E-state index contributed by atoms with van der Waals surface area (Å²) < 4.78 is 0. The zero-order valence-electron chi connectivity index (χ0n) is 13.9. The van der Waals surface area contributed by atoms with Crippen LogP contribution in [0.4, 0.5) is 0 Å². The van der Waals surface area contributed by atoms with Gasteiger partial charge in [0.25, 0.3) is 5.91 Å². The Kier molecular flexibility index (Phi) is 4.59. The van der Waals surface area contributed by atoms with E-state index in [0.717, 1.165) is 31.2 Å². The van der Waals surface area contributed by atoms with E-state index in [1.165, 1.54) is 0 Å². The number of nitrogens with zero attached hydrogens (tertiary/aromatic N) is 2. The average molecular weight is 403 g/mol. The molecule has 0 radical (unpaired) electrons. The molecule has 0 atom stereocenters. The minimum absolute atomic E-state index is 0.110. The van der Waals surface area contributed by atoms with Crippen molar-refractivity contribution in [2.45, 2.75) is 31.3 Å². The second-order valence-electron chi connectivity index (χ2n) is 6.59. The zero-order chi connectivity index (χ0) is 18.3. The van der Waals surface area contributed by atoms with Crippen LogP contribution in [0.2, 0.25) is 10.0 Å². The van der Waals surface area contributed by atoms with Gasteiger partial charge in [-0.25, -0.2) is 0 Å². The quantitative estimate of drug-likeness (QED) is 0.617. The summed E-state index contributed by atoms with van der Waals surface area (Å²) in [5.41, 5.74) is 1.34. The molecular formula is C20H16Cl2N2OS. The van der Waals surface area contributed by atoms with Crippen molar-refractivity contribution < 1.29 is 4.79 Å². The Morgan fingerprint density at radius 1 is 1.08 bits per heavy atom. The molecule has 2 aliphatic rings. The fourth-order valence-electron chi connectivity index (χ4n) is 3.73. The fourth-order valence-corrected chi connectivity index (χ4v) is 4.63. The Labute approximate surface area is 167 Å². The van der Waals surface area contributed by atoms with Crippen LogP contribution in [-0.2, 0) is 0 Å². The van der Waals surface area contributed by atoms with Crippen LogP contribution in [0.1, 0.15) is 41.6 Å². The molecule has 1 heterocycles. The van der Waals surface area contributed by atoms with Gasteiger partial charge in [0.15, 0.2) is 0 Å². The first-order valence-corrected chi connectivity index (χ1v) is 9.67. The number of halogens is 2. The smallest absolute Gasteiger partial charge is 0.260 e. The molecule has 26 heavy (non-hydrogen) atoms. The standard InChI is InChI=1S/C20H16Cl2N2OS/c21-14-8-9-15(16(22)12-14)17-19(26)24(20(23-17)10-4-5-11-20)18(25)13-6-2-1-3-7-13/h1-3,6-9,12H,4-5,10-11H2. The summed E-state index contributed by atoms with van der Waals surface area (Å²) in [6.45, 7) is 0. The maximum Gasteiger partial charge on any atom is 0.260 e. The summed E-state index contributed by atoms with van der Waals surface area (Å²) in [4.78, 5) is 20.3. The summed E-state index contributed by atoms with van der Waals surface area (Å²) >= 11 is 18.1. The van der Waals surface area contributed by atoms with Crippen molar-refractivity contribution in [1.29, 1.82) is 0 Å². The number of amides is 1. The SMILES string of the molecule is O=C(c1ccccc1)N1C(=S)C(c2ccc(Cl)cc2Cl)=NC12CCCC2. The molecule has 4 rings (SSSR count). The minimum Gasteiger partial charge on any atom is -0.271 e. The van der Waals surface area contributed by atoms with E-state index >= 15 is 0 Å². The van der Waals surface area contributed by atoms with Gasteiger partial charge >= 0.3 is 0 Å². The van der Waals surface area contributed by atoms with Crippen LogP contribution < -0.4 is 0 Å². The average Bonchev–Trinajstić information content (AvgIpc) is 3.20. The van der Waals surface area contributed by atoms with Crippen LogP contribution in [0, 0.1) is 0 Å². The van der Waals surface area contributed by atoms with Crippen LogP contribution >= 0.6 is 35.4 Å². The first-order chi connectivity index (χ1) is 12.5. The summed E-state index contributed by atoms with van der Waals surface area (Å²) in [5, 5.41) is 1.04. The molecular weight excluding hydrogens is 387 g/mol. The van der Waals surface area contributed by atoms with Crippen LogP contribution in [0.25, 0.3) is 0 Å². The lowest BCUT2D eigenvalue weighted by Gasteiger charge is -2.32. The molecule has 3 nitrogen and oxygen atoms in total. The van der Waals surface area contributed by atoms with Gasteiger partial charge in [-0.15, -0.1) is 0 Å². The highest BCUT2D eigenvalue weighted by Crippen LogP contribution is 2.43. The number of aliphatic imine (C=N–C) groups is 1. The number of carbonyl (C=O) groups excluding carboxylic acids is 1. The maximum absolute atomic E-state index is 13.2. The monoisotopic (exact) mass is 402 g/mol. The molecule has 2 aromatic carbocycles. The number of carbonyl (C=O) groups is 1. The molecule has 132 valence electrons. The summed E-state index contributed by atoms with van der Waals surface area (Å²) in [5.74, 6) is -0.110. The van der Waals surface area contributed by atoms with Crippen LogP contribution in [0.15, 0.2) is 53.5 Å². The largest absolute Gasteiger partial charge is 0.271 e. The third kappa shape index (κ3) is 2.86. The van der Waals surface area contributed by atoms with Crippen molar-refractivity contribution in [3.05, 3.63) is 69.7 Å². The second kappa shape index (κ2) is 6.76. The topological polar surface area (TPSA) is 32.7 Å². The Morgan fingerprint density at radius 3 is 2.42 bits per heavy atom. The van der Waals surface area contributed by atoms with E-state index in [4.69, 9.17) is 40.4 Å². The van der Waals surface area contributed by atoms with E-state index in [1.807, 2.05) is 24.3 Å². The number of rotatable bonds is 2. The van der Waals surface area contributed by atoms with Gasteiger partial charge in [0.2, 0.25) is 0 Å². The van der Waals surface area contributed by atoms with Crippen molar-refractivity contribution in [3.63, 3.8) is 0 Å². The molecule has 1 fully saturated rings. The lowest BCUT2D eigenvalue weighted by atomic mass is 10.1. The lowest BCUT2D eigenvalue weighted by Crippen LogP contribution is -2.48. The van der Waals surface area contributed by atoms with Gasteiger partial charge in [-0.05, 0) is 56.0 Å². The van der Waals surface area contributed by atoms with Gasteiger partial charge in [-0.1, -0.05) is 53.6 Å². The van der Waals surface area contributed by atoms with Crippen molar-refractivity contribution >= 4 is 52.0 Å². The molecule has 1 aliphatic carbocycles. The van der Waals surface area contributed by atoms with Gasteiger partial charge in [0.1, 0.15) is 16.4 Å². The molecule has 0 unspecified atom stereocenters. The number of benzene rings is 2. The van der Waals surface area contributed by atoms with Gasteiger partial charge in [0.05, 0.1) is 5.02 Å². The van der Waals surface area contributed by atoms with Crippen molar-refractivity contribution in [2.75, 3.05) is 0 Å². The summed E-state index contributed by atoms with van der Waals surface area (Å²) in [7, 11) is 0. The minimum atomic E-state index is -0.595. The van der Waals surface area contributed by atoms with E-state index in [-0.39, 0.29) is 5.91 Å². The molecule has 1 spiro atoms. The highest BCUT2D eigenvalue weighted by Gasteiger charge is 2.50. The molecule has 0 saturated heterocycles. The first kappa shape index (κ1) is 17.7. The van der Waals surface area contributed by atoms with E-state index in [2.05, 4.69) is 0 Å². The number of hydrogen-bond acceptors (Lipinski definition) is 3. The molecule has 1 aliphatic heterocycles. The number of hydrogen-bond donors (Lipinski definition) is 0. The van der Waals surface area contributed by atoms with Gasteiger partial charge in [-0.3, -0.25) is 14.7 Å². The predicted octanol–water partition coefficient (Wildman–Crippen LogP) is 5.54. The van der Waals surface area contributed by atoms with E-state index < -0.39 is 5.66 Å². The van der Waals surface area contributed by atoms with E-state index in [9.17, 15) is 4.79 Å². The Morgan fingerprint density at radius 2 is 1.77 bits per heavy atom. The van der Waals surface area contributed by atoms with Gasteiger partial charge in [-0.2, -0.15) is 0 Å². The Bertz CT molecular complexity index is 921. The van der Waals surface area contributed by atoms with E-state index in [0.29, 0.717) is 26.3 Å². The highest BCUT2D eigenvalue weighted by atomic mass is 35.5. The molecule has 0 bridgehead atoms. The number of thiocarbonyl (C=S) groups is 1. The normalized spacial score (nSPS) is 18.5. The Hall–Kier alpha value is -1.75. The second-order valence-corrected chi connectivity index (χ2v) is 7.82. The predicted molar refractivity (Wildman–Crippen MR) is 109 cm³/mol. The van der Waals surface area contributed by atoms with E-state index in [1.54, 1.807) is 29.2 Å². The van der Waals surface area contributed by atoms with Crippen LogP contribution in [0.5, 0.6) is 0 Å². The summed E-state index contributed by atoms with van der Waals surface area (Å²) in [6, 6.07) is 14.5. The molecule has 1 saturated carbocycles. The van der Waals surface area contributed by atoms with Crippen molar-refractivity contribution in [1.82, 2.24) is 4.90 Å². The molecule has 0 N–H and O–H groups in total. The van der Waals surface area contributed by atoms with Crippen LogP contribution in [0.3, 0.4) is 0 Å². The summed E-state index contributed by atoms with van der Waals surface area (Å²) in [6.07, 6.45) is 3.65. The third-order valence-electron chi connectivity index (χ3n) is 4.96. The van der Waals surface area contributed by atoms with Crippen LogP contribution in [-0.4, -0.2) is 27.2 Å².